The van der Waals surface area contributed by atoms with Crippen LogP contribution in [0.15, 0.2) is 0 Å². The van der Waals surface area contributed by atoms with E-state index in [2.05, 4.69) is 29.4 Å². The van der Waals surface area contributed by atoms with Gasteiger partial charge in [0.05, 0.1) is 6.54 Å². The van der Waals surface area contributed by atoms with Gasteiger partial charge in [-0.05, 0) is 38.4 Å². The summed E-state index contributed by atoms with van der Waals surface area (Å²) < 4.78 is 0. The molecule has 2 N–H and O–H groups in total. The highest BCUT2D eigenvalue weighted by atomic mass is 16.1. The smallest absolute Gasteiger partial charge is 0.233 e. The van der Waals surface area contributed by atoms with E-state index in [1.807, 2.05) is 0 Å². The summed E-state index contributed by atoms with van der Waals surface area (Å²) in [4.78, 5) is 13.8. The fraction of sp³-hybridized carbons (Fsp3) is 0.917. The molecule has 0 aromatic rings. The molecule has 1 rings (SSSR count). The van der Waals surface area contributed by atoms with Gasteiger partial charge < -0.3 is 15.5 Å². The van der Waals surface area contributed by atoms with Crippen LogP contribution in [0.5, 0.6) is 0 Å². The first-order chi connectivity index (χ1) is 7.76. The van der Waals surface area contributed by atoms with Gasteiger partial charge in [-0.25, -0.2) is 0 Å². The fourth-order valence-corrected chi connectivity index (χ4v) is 2.08. The van der Waals surface area contributed by atoms with E-state index in [0.717, 1.165) is 32.0 Å². The molecule has 94 valence electrons. The molecule has 0 radical (unpaired) electrons. The van der Waals surface area contributed by atoms with Crippen LogP contribution < -0.4 is 10.6 Å². The highest BCUT2D eigenvalue weighted by Crippen LogP contribution is 2.14. The van der Waals surface area contributed by atoms with Crippen LogP contribution in [0.1, 0.15) is 26.7 Å². The Morgan fingerprint density at radius 1 is 1.44 bits per heavy atom. The Hall–Kier alpha value is -0.610. The minimum atomic E-state index is 0.118. The van der Waals surface area contributed by atoms with Gasteiger partial charge in [-0.1, -0.05) is 13.8 Å². The monoisotopic (exact) mass is 227 g/mol. The first kappa shape index (κ1) is 13.5. The zero-order chi connectivity index (χ0) is 11.8. The molecule has 4 nitrogen and oxygen atoms in total. The van der Waals surface area contributed by atoms with Crippen molar-refractivity contribution in [1.29, 1.82) is 0 Å². The average Bonchev–Trinajstić information content (AvgIpc) is 2.74. The van der Waals surface area contributed by atoms with Crippen LogP contribution in [0.4, 0.5) is 0 Å². The largest absolute Gasteiger partial charge is 0.355 e. The number of likely N-dealkylation sites (tertiary alicyclic amines) is 1. The zero-order valence-electron chi connectivity index (χ0n) is 10.6. The summed E-state index contributed by atoms with van der Waals surface area (Å²) >= 11 is 0. The number of nitrogens with zero attached hydrogens (tertiary/aromatic N) is 1. The van der Waals surface area contributed by atoms with Gasteiger partial charge in [0, 0.05) is 13.1 Å². The molecule has 1 aliphatic rings. The highest BCUT2D eigenvalue weighted by molar-refractivity contribution is 5.77. The van der Waals surface area contributed by atoms with E-state index >= 15 is 0 Å². The van der Waals surface area contributed by atoms with Crippen molar-refractivity contribution < 1.29 is 4.79 Å². The lowest BCUT2D eigenvalue weighted by molar-refractivity contribution is -0.120. The molecule has 0 aromatic heterocycles. The molecule has 0 bridgehead atoms. The van der Waals surface area contributed by atoms with Gasteiger partial charge in [0.2, 0.25) is 5.91 Å². The number of hydrogen-bond donors (Lipinski definition) is 2. The Morgan fingerprint density at radius 2 is 2.25 bits per heavy atom. The second kappa shape index (κ2) is 7.63. The fourth-order valence-electron chi connectivity index (χ4n) is 2.08. The molecule has 0 spiro atoms. The van der Waals surface area contributed by atoms with Crippen molar-refractivity contribution in [2.45, 2.75) is 26.7 Å². The lowest BCUT2D eigenvalue weighted by Gasteiger charge is -2.13. The summed E-state index contributed by atoms with van der Waals surface area (Å²) in [6.07, 6.45) is 2.26. The quantitative estimate of drug-likeness (QED) is 0.663. The molecule has 1 atom stereocenters. The molecular formula is C12H25N3O. The van der Waals surface area contributed by atoms with E-state index < -0.39 is 0 Å². The number of hydrogen-bond acceptors (Lipinski definition) is 3. The second-order valence-corrected chi connectivity index (χ2v) is 4.53. The lowest BCUT2D eigenvalue weighted by atomic mass is 10.1. The van der Waals surface area contributed by atoms with Crippen molar-refractivity contribution in [3.8, 4) is 0 Å². The molecule has 1 saturated heterocycles. The van der Waals surface area contributed by atoms with E-state index in [4.69, 9.17) is 0 Å². The average molecular weight is 227 g/mol. The predicted octanol–water partition coefficient (Wildman–Crippen LogP) is 0.444. The molecule has 1 amide bonds. The number of carbonyl (C=O) groups excluding carboxylic acids is 1. The summed E-state index contributed by atoms with van der Waals surface area (Å²) in [6.45, 7) is 10.0. The molecule has 16 heavy (non-hydrogen) atoms. The maximum Gasteiger partial charge on any atom is 0.233 e. The number of carbonyl (C=O) groups is 1. The summed E-state index contributed by atoms with van der Waals surface area (Å²) in [6, 6.07) is 0. The maximum absolute atomic E-state index is 11.3. The Morgan fingerprint density at radius 3 is 2.88 bits per heavy atom. The first-order valence-electron chi connectivity index (χ1n) is 6.46. The summed E-state index contributed by atoms with van der Waals surface area (Å²) in [7, 11) is 0. The van der Waals surface area contributed by atoms with Crippen molar-refractivity contribution in [2.75, 3.05) is 39.3 Å². The van der Waals surface area contributed by atoms with Gasteiger partial charge in [0.15, 0.2) is 0 Å². The number of nitrogens with one attached hydrogen (secondary N) is 2. The molecule has 1 fully saturated rings. The van der Waals surface area contributed by atoms with Crippen molar-refractivity contribution in [1.82, 2.24) is 15.5 Å². The Bertz CT molecular complexity index is 208. The second-order valence-electron chi connectivity index (χ2n) is 4.53. The summed E-state index contributed by atoms with van der Waals surface area (Å²) in [5.74, 6) is 0.839. The Balaban J connectivity index is 2.01. The molecule has 1 heterocycles. The maximum atomic E-state index is 11.3. The topological polar surface area (TPSA) is 44.4 Å². The molecule has 0 saturated carbocycles. The minimum absolute atomic E-state index is 0.118. The van der Waals surface area contributed by atoms with E-state index in [0.29, 0.717) is 6.54 Å². The molecule has 1 aliphatic heterocycles. The van der Waals surface area contributed by atoms with Crippen molar-refractivity contribution in [2.24, 2.45) is 5.92 Å². The molecular weight excluding hydrogens is 202 g/mol. The van der Waals surface area contributed by atoms with Gasteiger partial charge in [-0.2, -0.15) is 0 Å². The van der Waals surface area contributed by atoms with E-state index in [1.54, 1.807) is 0 Å². The van der Waals surface area contributed by atoms with Crippen LogP contribution in [-0.4, -0.2) is 50.1 Å². The summed E-state index contributed by atoms with van der Waals surface area (Å²) in [5.41, 5.74) is 0. The van der Waals surface area contributed by atoms with E-state index in [-0.39, 0.29) is 5.91 Å². The van der Waals surface area contributed by atoms with Crippen LogP contribution in [0.3, 0.4) is 0 Å². The van der Waals surface area contributed by atoms with Crippen LogP contribution in [-0.2, 0) is 4.79 Å². The van der Waals surface area contributed by atoms with Gasteiger partial charge in [-0.3, -0.25) is 4.79 Å². The van der Waals surface area contributed by atoms with Gasteiger partial charge in [0.25, 0.3) is 0 Å². The third kappa shape index (κ3) is 4.94. The van der Waals surface area contributed by atoms with Crippen LogP contribution in [0.2, 0.25) is 0 Å². The zero-order valence-corrected chi connectivity index (χ0v) is 10.6. The highest BCUT2D eigenvalue weighted by Gasteiger charge is 2.20. The molecule has 0 aliphatic carbocycles. The molecule has 1 unspecified atom stereocenters. The van der Waals surface area contributed by atoms with Gasteiger partial charge in [-0.15, -0.1) is 0 Å². The number of rotatable bonds is 7. The van der Waals surface area contributed by atoms with Gasteiger partial charge in [0.1, 0.15) is 0 Å². The van der Waals surface area contributed by atoms with Crippen LogP contribution in [0, 0.1) is 5.92 Å². The standard InChI is InChI=1S/C12H25N3O/c1-3-6-14-12(16)9-13-8-11-5-7-15(4-2)10-11/h11,13H,3-10H2,1-2H3,(H,14,16). The Labute approximate surface area is 98.8 Å². The predicted molar refractivity (Wildman–Crippen MR) is 66.4 cm³/mol. The van der Waals surface area contributed by atoms with Crippen molar-refractivity contribution >= 4 is 5.91 Å². The van der Waals surface area contributed by atoms with Crippen molar-refractivity contribution in [3.63, 3.8) is 0 Å². The summed E-state index contributed by atoms with van der Waals surface area (Å²) in [5, 5.41) is 6.11. The third-order valence-corrected chi connectivity index (χ3v) is 3.11. The minimum Gasteiger partial charge on any atom is -0.355 e. The first-order valence-corrected chi connectivity index (χ1v) is 6.46. The molecule has 4 heteroatoms. The van der Waals surface area contributed by atoms with Crippen molar-refractivity contribution in [3.05, 3.63) is 0 Å². The lowest BCUT2D eigenvalue weighted by Crippen LogP contribution is -2.36. The van der Waals surface area contributed by atoms with E-state index in [1.165, 1.54) is 19.5 Å². The Kier molecular flexibility index (Phi) is 6.42. The van der Waals surface area contributed by atoms with Crippen LogP contribution >= 0.6 is 0 Å². The third-order valence-electron chi connectivity index (χ3n) is 3.11. The van der Waals surface area contributed by atoms with Crippen LogP contribution in [0.25, 0.3) is 0 Å². The molecule has 0 aromatic carbocycles. The van der Waals surface area contributed by atoms with Gasteiger partial charge >= 0.3 is 0 Å². The SMILES string of the molecule is CCCNC(=O)CNCC1CCN(CC)C1. The normalized spacial score (nSPS) is 21.2. The number of amides is 1. The van der Waals surface area contributed by atoms with E-state index in [9.17, 15) is 4.79 Å².